The van der Waals surface area contributed by atoms with E-state index < -0.39 is 6.10 Å². The van der Waals surface area contributed by atoms with Gasteiger partial charge in [0, 0.05) is 26.2 Å². The van der Waals surface area contributed by atoms with E-state index in [9.17, 15) is 9.59 Å². The van der Waals surface area contributed by atoms with Gasteiger partial charge in [0.25, 0.3) is 5.91 Å². The van der Waals surface area contributed by atoms with Crippen LogP contribution in [0, 0.1) is 4.77 Å². The Morgan fingerprint density at radius 3 is 2.59 bits per heavy atom. The number of nitrogens with one attached hydrogen (secondary N) is 1. The van der Waals surface area contributed by atoms with E-state index in [1.54, 1.807) is 20.4 Å². The third kappa shape index (κ3) is 4.00. The van der Waals surface area contributed by atoms with E-state index in [0.717, 1.165) is 4.88 Å². The first kappa shape index (κ1) is 20.7. The highest BCUT2D eigenvalue weighted by molar-refractivity contribution is 7.71. The number of aromatic amines is 1. The van der Waals surface area contributed by atoms with Crippen LogP contribution in [0.15, 0.2) is 41.8 Å². The predicted octanol–water partition coefficient (Wildman–Crippen LogP) is 2.18. The van der Waals surface area contributed by atoms with Crippen molar-refractivity contribution in [2.24, 2.45) is 0 Å². The van der Waals surface area contributed by atoms with Gasteiger partial charge in [-0.1, -0.05) is 18.2 Å². The zero-order valence-corrected chi connectivity index (χ0v) is 18.7. The molecule has 0 aliphatic carbocycles. The standard InChI is InChI=1S/C21H21N5O4S2/c27-18(12-26-19(22-23-21(26)31)17-6-3-11-32-17)24-7-9-25(10-8-24)20(28)16-13-29-14-4-1-2-5-15(14)30-16/h1-6,11,16H,7-10,12-13H2,(H,23,31)/t16-/m0/s1. The van der Waals surface area contributed by atoms with Crippen molar-refractivity contribution in [2.75, 3.05) is 32.8 Å². The van der Waals surface area contributed by atoms with E-state index in [1.165, 1.54) is 11.3 Å². The minimum absolute atomic E-state index is 0.0569. The number of carbonyl (C=O) groups is 2. The minimum Gasteiger partial charge on any atom is -0.485 e. The van der Waals surface area contributed by atoms with Crippen LogP contribution in [0.5, 0.6) is 11.5 Å². The first-order valence-corrected chi connectivity index (χ1v) is 11.5. The topological polar surface area (TPSA) is 92.7 Å². The van der Waals surface area contributed by atoms with E-state index in [2.05, 4.69) is 10.2 Å². The molecule has 11 heteroatoms. The maximum Gasteiger partial charge on any atom is 0.267 e. The number of amides is 2. The van der Waals surface area contributed by atoms with Crippen LogP contribution in [0.4, 0.5) is 0 Å². The van der Waals surface area contributed by atoms with E-state index >= 15 is 0 Å². The van der Waals surface area contributed by atoms with Crippen molar-refractivity contribution in [2.45, 2.75) is 12.6 Å². The molecule has 0 bridgehead atoms. The number of ether oxygens (including phenoxy) is 2. The molecule has 4 heterocycles. The van der Waals surface area contributed by atoms with Crippen LogP contribution < -0.4 is 9.47 Å². The van der Waals surface area contributed by atoms with Gasteiger partial charge in [-0.3, -0.25) is 19.3 Å². The van der Waals surface area contributed by atoms with E-state index in [-0.39, 0.29) is 25.0 Å². The maximum atomic E-state index is 12.9. The Labute approximate surface area is 193 Å². The number of carbonyl (C=O) groups excluding carboxylic acids is 2. The summed E-state index contributed by atoms with van der Waals surface area (Å²) in [6.45, 7) is 2.08. The summed E-state index contributed by atoms with van der Waals surface area (Å²) >= 11 is 6.86. The van der Waals surface area contributed by atoms with Crippen molar-refractivity contribution in [1.29, 1.82) is 0 Å². The second-order valence-corrected chi connectivity index (χ2v) is 8.82. The molecule has 0 saturated carbocycles. The molecule has 9 nitrogen and oxygen atoms in total. The van der Waals surface area contributed by atoms with Crippen molar-refractivity contribution in [3.05, 3.63) is 46.5 Å². The Morgan fingerprint density at radius 2 is 1.84 bits per heavy atom. The number of piperazine rings is 1. The van der Waals surface area contributed by atoms with Crippen LogP contribution in [0.25, 0.3) is 10.7 Å². The Hall–Kier alpha value is -3.18. The van der Waals surface area contributed by atoms with Gasteiger partial charge in [-0.15, -0.1) is 11.3 Å². The number of benzene rings is 1. The molecule has 0 radical (unpaired) electrons. The molecule has 0 spiro atoms. The van der Waals surface area contributed by atoms with Crippen LogP contribution in [0.1, 0.15) is 0 Å². The molecule has 2 amide bonds. The lowest BCUT2D eigenvalue weighted by atomic mass is 10.2. The molecule has 0 unspecified atom stereocenters. The highest BCUT2D eigenvalue weighted by Gasteiger charge is 2.33. The molecule has 5 rings (SSSR count). The Balaban J connectivity index is 1.19. The van der Waals surface area contributed by atoms with Gasteiger partial charge >= 0.3 is 0 Å². The highest BCUT2D eigenvalue weighted by atomic mass is 32.1. The van der Waals surface area contributed by atoms with Gasteiger partial charge in [-0.2, -0.15) is 5.10 Å². The number of fused-ring (bicyclic) bond motifs is 1. The summed E-state index contributed by atoms with van der Waals surface area (Å²) in [6.07, 6.45) is -0.676. The van der Waals surface area contributed by atoms with E-state index in [0.29, 0.717) is 48.3 Å². The molecule has 3 aromatic rings. The molecule has 32 heavy (non-hydrogen) atoms. The molecule has 1 saturated heterocycles. The second-order valence-electron chi connectivity index (χ2n) is 7.49. The Kier molecular flexibility index (Phi) is 5.66. The number of thiophene rings is 1. The average molecular weight is 472 g/mol. The number of aromatic nitrogens is 3. The summed E-state index contributed by atoms with van der Waals surface area (Å²) in [7, 11) is 0. The fourth-order valence-corrected chi connectivity index (χ4v) is 4.73. The number of H-pyrrole nitrogens is 1. The largest absolute Gasteiger partial charge is 0.485 e. The third-order valence-corrected chi connectivity index (χ3v) is 6.70. The lowest BCUT2D eigenvalue weighted by Gasteiger charge is -2.37. The van der Waals surface area contributed by atoms with Gasteiger partial charge in [0.2, 0.25) is 12.0 Å². The normalized spacial score (nSPS) is 17.9. The molecule has 2 aromatic heterocycles. The summed E-state index contributed by atoms with van der Waals surface area (Å²) in [5.41, 5.74) is 0. The number of para-hydroxylation sites is 2. The molecule has 2 aliphatic rings. The van der Waals surface area contributed by atoms with Crippen LogP contribution in [-0.2, 0) is 16.1 Å². The molecule has 2 aliphatic heterocycles. The van der Waals surface area contributed by atoms with Crippen molar-refractivity contribution < 1.29 is 19.1 Å². The monoisotopic (exact) mass is 471 g/mol. The zero-order valence-electron chi connectivity index (χ0n) is 17.1. The number of hydrogen-bond donors (Lipinski definition) is 1. The summed E-state index contributed by atoms with van der Waals surface area (Å²) in [5, 5.41) is 8.99. The molecule has 166 valence electrons. The first-order valence-electron chi connectivity index (χ1n) is 10.2. The van der Waals surface area contributed by atoms with Crippen LogP contribution in [-0.4, -0.2) is 75.3 Å². The number of nitrogens with zero attached hydrogens (tertiary/aromatic N) is 4. The molecule has 1 aromatic carbocycles. The van der Waals surface area contributed by atoms with E-state index in [4.69, 9.17) is 21.7 Å². The first-order chi connectivity index (χ1) is 15.6. The van der Waals surface area contributed by atoms with Crippen molar-refractivity contribution >= 4 is 35.4 Å². The molecular formula is C21H21N5O4S2. The Morgan fingerprint density at radius 1 is 1.09 bits per heavy atom. The van der Waals surface area contributed by atoms with Gasteiger partial charge < -0.3 is 19.3 Å². The van der Waals surface area contributed by atoms with Gasteiger partial charge in [-0.05, 0) is 35.8 Å². The predicted molar refractivity (Wildman–Crippen MR) is 120 cm³/mol. The molecule has 1 N–H and O–H groups in total. The lowest BCUT2D eigenvalue weighted by molar-refractivity contribution is -0.146. The number of hydrogen-bond acceptors (Lipinski definition) is 7. The molecule has 1 fully saturated rings. The van der Waals surface area contributed by atoms with Gasteiger partial charge in [-0.25, -0.2) is 0 Å². The SMILES string of the molecule is O=C(Cn1c(-c2cccs2)n[nH]c1=S)N1CCN(C(=O)[C@@H]2COc3ccccc3O2)CC1. The van der Waals surface area contributed by atoms with Gasteiger partial charge in [0.15, 0.2) is 22.1 Å². The fraction of sp³-hybridized carbons (Fsp3) is 0.333. The van der Waals surface area contributed by atoms with Crippen LogP contribution in [0.2, 0.25) is 0 Å². The molecular weight excluding hydrogens is 450 g/mol. The summed E-state index contributed by atoms with van der Waals surface area (Å²) in [4.78, 5) is 30.3. The number of rotatable bonds is 4. The van der Waals surface area contributed by atoms with Crippen molar-refractivity contribution in [3.63, 3.8) is 0 Å². The summed E-state index contributed by atoms with van der Waals surface area (Å²) in [5.74, 6) is 1.69. The van der Waals surface area contributed by atoms with Gasteiger partial charge in [0.05, 0.1) is 4.88 Å². The van der Waals surface area contributed by atoms with Crippen molar-refractivity contribution in [1.82, 2.24) is 24.6 Å². The molecule has 1 atom stereocenters. The maximum absolute atomic E-state index is 12.9. The fourth-order valence-electron chi connectivity index (χ4n) is 3.81. The minimum atomic E-state index is -0.676. The van der Waals surface area contributed by atoms with E-state index in [1.807, 2.05) is 35.7 Å². The quantitative estimate of drug-likeness (QED) is 0.587. The summed E-state index contributed by atoms with van der Waals surface area (Å²) < 4.78 is 13.6. The smallest absolute Gasteiger partial charge is 0.267 e. The van der Waals surface area contributed by atoms with Crippen molar-refractivity contribution in [3.8, 4) is 22.2 Å². The average Bonchev–Trinajstić information content (AvgIpc) is 3.48. The third-order valence-electron chi connectivity index (χ3n) is 5.52. The van der Waals surface area contributed by atoms with Gasteiger partial charge in [0.1, 0.15) is 13.2 Å². The second kappa shape index (κ2) is 8.75. The van der Waals surface area contributed by atoms with Crippen LogP contribution in [0.3, 0.4) is 0 Å². The summed E-state index contributed by atoms with van der Waals surface area (Å²) in [6, 6.07) is 11.2. The Bertz CT molecular complexity index is 1180. The van der Waals surface area contributed by atoms with Crippen LogP contribution >= 0.6 is 23.6 Å². The highest BCUT2D eigenvalue weighted by Crippen LogP contribution is 2.31. The lowest BCUT2D eigenvalue weighted by Crippen LogP contribution is -2.55. The zero-order chi connectivity index (χ0) is 22.1.